The van der Waals surface area contributed by atoms with Crippen molar-refractivity contribution in [3.63, 3.8) is 0 Å². The molecule has 0 bridgehead atoms. The van der Waals surface area contributed by atoms with Crippen LogP contribution in [0.3, 0.4) is 0 Å². The van der Waals surface area contributed by atoms with Crippen molar-refractivity contribution in [3.05, 3.63) is 23.0 Å². The molecule has 5 heteroatoms. The molecule has 0 saturated heterocycles. The Hall–Kier alpha value is -1.29. The average molecular weight is 253 g/mol. The fourth-order valence-electron chi connectivity index (χ4n) is 1.68. The summed E-state index contributed by atoms with van der Waals surface area (Å²) >= 11 is 6.10. The van der Waals surface area contributed by atoms with Gasteiger partial charge in [0.05, 0.1) is 6.20 Å². The molecule has 0 fully saturated rings. The van der Waals surface area contributed by atoms with E-state index in [1.807, 2.05) is 13.0 Å². The van der Waals surface area contributed by atoms with Gasteiger partial charge in [-0.1, -0.05) is 25.4 Å². The molecular formula is C12H17ClN4. The first-order valence-electron chi connectivity index (χ1n) is 5.83. The average Bonchev–Trinajstić information content (AvgIpc) is 2.70. The first kappa shape index (κ1) is 12.2. The van der Waals surface area contributed by atoms with Crippen molar-refractivity contribution in [2.75, 3.05) is 11.9 Å². The van der Waals surface area contributed by atoms with Crippen molar-refractivity contribution >= 4 is 23.1 Å². The fraction of sp³-hybridized carbons (Fsp3) is 0.500. The third-order valence-corrected chi connectivity index (χ3v) is 3.09. The van der Waals surface area contributed by atoms with E-state index in [2.05, 4.69) is 29.2 Å². The molecule has 0 spiro atoms. The molecule has 1 N–H and O–H groups in total. The first-order valence-corrected chi connectivity index (χ1v) is 6.21. The van der Waals surface area contributed by atoms with Gasteiger partial charge in [0.2, 0.25) is 0 Å². The lowest BCUT2D eigenvalue weighted by atomic mass is 10.1. The van der Waals surface area contributed by atoms with Crippen LogP contribution < -0.4 is 5.32 Å². The monoisotopic (exact) mass is 252 g/mol. The van der Waals surface area contributed by atoms with Crippen molar-refractivity contribution in [3.8, 4) is 0 Å². The molecule has 0 amide bonds. The number of fused-ring (bicyclic) bond motifs is 1. The number of nitrogens with zero attached hydrogens (tertiary/aromatic N) is 3. The van der Waals surface area contributed by atoms with Gasteiger partial charge in [0.1, 0.15) is 11.0 Å². The van der Waals surface area contributed by atoms with Crippen molar-refractivity contribution in [2.24, 2.45) is 5.92 Å². The second kappa shape index (κ2) is 4.92. The van der Waals surface area contributed by atoms with E-state index in [4.69, 9.17) is 11.6 Å². The lowest BCUT2D eigenvalue weighted by Crippen LogP contribution is -2.11. The fourth-order valence-corrected chi connectivity index (χ4v) is 1.86. The smallest absolute Gasteiger partial charge is 0.159 e. The Bertz CT molecular complexity index is 518. The van der Waals surface area contributed by atoms with Gasteiger partial charge in [0.15, 0.2) is 5.65 Å². The molecule has 2 aromatic heterocycles. The molecule has 0 atom stereocenters. The molecule has 0 aliphatic heterocycles. The van der Waals surface area contributed by atoms with Gasteiger partial charge in [-0.3, -0.25) is 0 Å². The molecule has 0 saturated carbocycles. The SMILES string of the molecule is Cc1c(Cl)nc2ccnn2c1NCCC(C)C. The summed E-state index contributed by atoms with van der Waals surface area (Å²) in [6.45, 7) is 7.27. The minimum absolute atomic E-state index is 0.532. The molecule has 0 aliphatic rings. The Morgan fingerprint density at radius 2 is 2.24 bits per heavy atom. The van der Waals surface area contributed by atoms with Crippen LogP contribution in [0.2, 0.25) is 5.15 Å². The van der Waals surface area contributed by atoms with E-state index in [0.717, 1.165) is 30.0 Å². The van der Waals surface area contributed by atoms with Gasteiger partial charge < -0.3 is 5.32 Å². The van der Waals surface area contributed by atoms with Crippen LogP contribution in [0.5, 0.6) is 0 Å². The van der Waals surface area contributed by atoms with E-state index in [-0.39, 0.29) is 0 Å². The van der Waals surface area contributed by atoms with Crippen LogP contribution in [0.4, 0.5) is 5.82 Å². The summed E-state index contributed by atoms with van der Waals surface area (Å²) < 4.78 is 1.79. The maximum atomic E-state index is 6.10. The van der Waals surface area contributed by atoms with E-state index in [1.54, 1.807) is 10.7 Å². The van der Waals surface area contributed by atoms with Gasteiger partial charge >= 0.3 is 0 Å². The number of aromatic nitrogens is 3. The van der Waals surface area contributed by atoms with Crippen molar-refractivity contribution < 1.29 is 0 Å². The number of hydrogen-bond donors (Lipinski definition) is 1. The van der Waals surface area contributed by atoms with Crippen LogP contribution >= 0.6 is 11.6 Å². The molecule has 4 nitrogen and oxygen atoms in total. The van der Waals surface area contributed by atoms with Crippen molar-refractivity contribution in [1.82, 2.24) is 14.6 Å². The number of halogens is 1. The van der Waals surface area contributed by atoms with Crippen molar-refractivity contribution in [2.45, 2.75) is 27.2 Å². The third kappa shape index (κ3) is 2.52. The quantitative estimate of drug-likeness (QED) is 0.850. The van der Waals surface area contributed by atoms with Crippen LogP contribution in [0, 0.1) is 12.8 Å². The van der Waals surface area contributed by atoms with Crippen LogP contribution in [0.25, 0.3) is 5.65 Å². The zero-order valence-electron chi connectivity index (χ0n) is 10.4. The van der Waals surface area contributed by atoms with Gasteiger partial charge in [-0.2, -0.15) is 9.61 Å². The van der Waals surface area contributed by atoms with E-state index in [0.29, 0.717) is 11.1 Å². The number of rotatable bonds is 4. The van der Waals surface area contributed by atoms with Crippen LogP contribution in [0.15, 0.2) is 12.3 Å². The van der Waals surface area contributed by atoms with E-state index < -0.39 is 0 Å². The molecule has 0 aliphatic carbocycles. The maximum absolute atomic E-state index is 6.10. The van der Waals surface area contributed by atoms with Gasteiger partial charge in [-0.05, 0) is 19.3 Å². The second-order valence-electron chi connectivity index (χ2n) is 4.59. The molecule has 0 unspecified atom stereocenters. The normalized spacial score (nSPS) is 11.4. The Morgan fingerprint density at radius 1 is 1.47 bits per heavy atom. The highest BCUT2D eigenvalue weighted by atomic mass is 35.5. The summed E-state index contributed by atoms with van der Waals surface area (Å²) in [5.41, 5.74) is 1.71. The number of nitrogens with one attached hydrogen (secondary N) is 1. The Kier molecular flexibility index (Phi) is 3.52. The Labute approximate surface area is 106 Å². The van der Waals surface area contributed by atoms with Crippen LogP contribution in [-0.4, -0.2) is 21.1 Å². The zero-order chi connectivity index (χ0) is 12.4. The van der Waals surface area contributed by atoms with E-state index >= 15 is 0 Å². The van der Waals surface area contributed by atoms with Crippen molar-refractivity contribution in [1.29, 1.82) is 0 Å². The highest BCUT2D eigenvalue weighted by molar-refractivity contribution is 6.30. The standard InChI is InChI=1S/C12H17ClN4/c1-8(2)4-6-14-12-9(3)11(13)16-10-5-7-15-17(10)12/h5,7-8,14H,4,6H2,1-3H3. The van der Waals surface area contributed by atoms with Crippen LogP contribution in [0.1, 0.15) is 25.8 Å². The van der Waals surface area contributed by atoms with Gasteiger partial charge in [0.25, 0.3) is 0 Å². The second-order valence-corrected chi connectivity index (χ2v) is 4.94. The Balaban J connectivity index is 2.30. The molecule has 17 heavy (non-hydrogen) atoms. The predicted octanol–water partition coefficient (Wildman–Crippen LogP) is 3.15. The summed E-state index contributed by atoms with van der Waals surface area (Å²) in [6, 6.07) is 1.85. The topological polar surface area (TPSA) is 42.2 Å². The molecule has 2 heterocycles. The number of anilines is 1. The molecular weight excluding hydrogens is 236 g/mol. The third-order valence-electron chi connectivity index (χ3n) is 2.73. The number of hydrogen-bond acceptors (Lipinski definition) is 3. The summed E-state index contributed by atoms with van der Waals surface area (Å²) in [4.78, 5) is 4.26. The van der Waals surface area contributed by atoms with Crippen LogP contribution in [-0.2, 0) is 0 Å². The van der Waals surface area contributed by atoms with Gasteiger partial charge in [-0.25, -0.2) is 4.98 Å². The van der Waals surface area contributed by atoms with Gasteiger partial charge in [0, 0.05) is 18.2 Å². The lowest BCUT2D eigenvalue weighted by molar-refractivity contribution is 0.605. The highest BCUT2D eigenvalue weighted by Crippen LogP contribution is 2.22. The molecule has 0 radical (unpaired) electrons. The summed E-state index contributed by atoms with van der Waals surface area (Å²) in [6.07, 6.45) is 2.84. The van der Waals surface area contributed by atoms with Gasteiger partial charge in [-0.15, -0.1) is 0 Å². The summed E-state index contributed by atoms with van der Waals surface area (Å²) in [5.74, 6) is 1.61. The Morgan fingerprint density at radius 3 is 2.94 bits per heavy atom. The highest BCUT2D eigenvalue weighted by Gasteiger charge is 2.10. The molecule has 92 valence electrons. The summed E-state index contributed by atoms with van der Waals surface area (Å²) in [7, 11) is 0. The zero-order valence-corrected chi connectivity index (χ0v) is 11.1. The lowest BCUT2D eigenvalue weighted by Gasteiger charge is -2.13. The van der Waals surface area contributed by atoms with E-state index in [9.17, 15) is 0 Å². The minimum Gasteiger partial charge on any atom is -0.370 e. The first-order chi connectivity index (χ1) is 8.09. The maximum Gasteiger partial charge on any atom is 0.159 e. The minimum atomic E-state index is 0.532. The molecule has 2 rings (SSSR count). The largest absolute Gasteiger partial charge is 0.370 e. The molecule has 0 aromatic carbocycles. The predicted molar refractivity (Wildman–Crippen MR) is 70.7 cm³/mol. The van der Waals surface area contributed by atoms with E-state index in [1.165, 1.54) is 0 Å². The molecule has 2 aromatic rings. The summed E-state index contributed by atoms with van der Waals surface area (Å²) in [5, 5.41) is 8.17.